The Kier molecular flexibility index (Phi) is 4.82. The molecule has 1 aromatic heterocycles. The summed E-state index contributed by atoms with van der Waals surface area (Å²) in [4.78, 5) is 29.5. The van der Waals surface area contributed by atoms with Crippen LogP contribution in [-0.4, -0.2) is 28.1 Å². The van der Waals surface area contributed by atoms with E-state index in [1.54, 1.807) is 24.3 Å². The molecule has 5 rings (SSSR count). The molecule has 2 aromatic carbocycles. The van der Waals surface area contributed by atoms with E-state index in [-0.39, 0.29) is 19.2 Å². The Morgan fingerprint density at radius 1 is 1.22 bits per heavy atom. The number of benzene rings is 2. The van der Waals surface area contributed by atoms with Gasteiger partial charge in [0.15, 0.2) is 11.5 Å². The molecule has 162 valence electrons. The van der Waals surface area contributed by atoms with Crippen LogP contribution in [-0.2, 0) is 11.3 Å². The van der Waals surface area contributed by atoms with Gasteiger partial charge in [-0.15, -0.1) is 0 Å². The third-order valence-corrected chi connectivity index (χ3v) is 6.16. The van der Waals surface area contributed by atoms with Crippen LogP contribution >= 0.6 is 11.3 Å². The molecule has 0 spiro atoms. The fourth-order valence-corrected chi connectivity index (χ4v) is 4.51. The maximum atomic E-state index is 12.5. The highest BCUT2D eigenvalue weighted by atomic mass is 32.1. The lowest BCUT2D eigenvalue weighted by atomic mass is 10.0. The number of aryl methyl sites for hydroxylation is 1. The minimum atomic E-state index is -0.446. The van der Waals surface area contributed by atoms with Crippen LogP contribution in [0.2, 0.25) is 0 Å². The number of nitrogens with one attached hydrogen (secondary N) is 1. The molecule has 2 aliphatic rings. The summed E-state index contributed by atoms with van der Waals surface area (Å²) >= 11 is 0.883. The van der Waals surface area contributed by atoms with Crippen LogP contribution in [0.4, 0.5) is 11.4 Å². The molecule has 0 radical (unpaired) electrons. The lowest BCUT2D eigenvalue weighted by Crippen LogP contribution is -2.24. The van der Waals surface area contributed by atoms with Gasteiger partial charge in [-0.2, -0.15) is 0 Å². The van der Waals surface area contributed by atoms with Crippen LogP contribution in [0.3, 0.4) is 0 Å². The van der Waals surface area contributed by atoms with Gasteiger partial charge in [0, 0.05) is 28.6 Å². The van der Waals surface area contributed by atoms with Gasteiger partial charge in [0.2, 0.25) is 18.6 Å². The van der Waals surface area contributed by atoms with Crippen molar-refractivity contribution in [1.82, 2.24) is 4.57 Å². The Morgan fingerprint density at radius 3 is 2.88 bits per heavy atom. The van der Waals surface area contributed by atoms with Crippen LogP contribution in [0, 0.1) is 6.92 Å². The molecule has 8 nitrogen and oxygen atoms in total. The largest absolute Gasteiger partial charge is 0.493 e. The van der Waals surface area contributed by atoms with E-state index < -0.39 is 10.8 Å². The van der Waals surface area contributed by atoms with E-state index in [2.05, 4.69) is 10.3 Å². The van der Waals surface area contributed by atoms with Crippen molar-refractivity contribution in [3.8, 4) is 17.4 Å². The van der Waals surface area contributed by atoms with E-state index in [1.807, 2.05) is 32.0 Å². The molecule has 1 amide bonds. The van der Waals surface area contributed by atoms with Crippen molar-refractivity contribution in [3.63, 3.8) is 0 Å². The molecule has 0 saturated heterocycles. The summed E-state index contributed by atoms with van der Waals surface area (Å²) in [5, 5.41) is 13.4. The number of allylic oxidation sites excluding steroid dienone is 1. The van der Waals surface area contributed by atoms with Gasteiger partial charge >= 0.3 is 4.87 Å². The maximum absolute atomic E-state index is 12.5. The van der Waals surface area contributed by atoms with E-state index >= 15 is 0 Å². The van der Waals surface area contributed by atoms with E-state index in [9.17, 15) is 14.7 Å². The molecular weight excluding hydrogens is 430 g/mol. The van der Waals surface area contributed by atoms with Crippen LogP contribution in [0.1, 0.15) is 22.9 Å². The molecular formula is C23H19N3O5S. The van der Waals surface area contributed by atoms with E-state index in [1.165, 1.54) is 0 Å². The lowest BCUT2D eigenvalue weighted by molar-refractivity contribution is -0.116. The van der Waals surface area contributed by atoms with Crippen molar-refractivity contribution in [1.29, 1.82) is 0 Å². The summed E-state index contributed by atoms with van der Waals surface area (Å²) in [5.74, 6) is 0.450. The molecule has 0 unspecified atom stereocenters. The molecule has 0 bridgehead atoms. The van der Waals surface area contributed by atoms with Gasteiger partial charge in [-0.1, -0.05) is 23.0 Å². The van der Waals surface area contributed by atoms with Crippen molar-refractivity contribution in [2.45, 2.75) is 20.4 Å². The highest BCUT2D eigenvalue weighted by Crippen LogP contribution is 2.38. The summed E-state index contributed by atoms with van der Waals surface area (Å²) in [6, 6.07) is 11.0. The normalized spacial score (nSPS) is 15.1. The lowest BCUT2D eigenvalue weighted by Gasteiger charge is -2.07. The monoisotopic (exact) mass is 449 g/mol. The molecule has 2 aliphatic heterocycles. The smallest absolute Gasteiger partial charge is 0.311 e. The standard InChI is InChI=1S/C23H19N3O5S/c1-12-3-5-17-16(7-12)15(13(2)24-17)9-20-22(28)26(23(29)32-20)10-21(27)25-14-4-6-18-19(8-14)31-11-30-18/h3-9,28H,10-11H2,1-2H3,(H,25,27). The predicted octanol–water partition coefficient (Wildman–Crippen LogP) is 3.94. The van der Waals surface area contributed by atoms with Crippen molar-refractivity contribution in [3.05, 3.63) is 62.1 Å². The first-order valence-corrected chi connectivity index (χ1v) is 10.7. The number of aromatic nitrogens is 1. The first-order chi connectivity index (χ1) is 15.4. The topological polar surface area (TPSA) is 102 Å². The van der Waals surface area contributed by atoms with E-state index in [4.69, 9.17) is 9.47 Å². The summed E-state index contributed by atoms with van der Waals surface area (Å²) in [6.07, 6.45) is 1.75. The summed E-state index contributed by atoms with van der Waals surface area (Å²) in [6.45, 7) is 3.70. The molecule has 0 saturated carbocycles. The number of carbonyl (C=O) groups is 1. The zero-order valence-electron chi connectivity index (χ0n) is 17.3. The fraction of sp³-hybridized carbons (Fsp3) is 0.174. The average molecular weight is 449 g/mol. The van der Waals surface area contributed by atoms with Gasteiger partial charge in [-0.3, -0.25) is 19.1 Å². The van der Waals surface area contributed by atoms with Crippen molar-refractivity contribution in [2.24, 2.45) is 4.99 Å². The Balaban J connectivity index is 1.39. The van der Waals surface area contributed by atoms with E-state index in [0.29, 0.717) is 22.1 Å². The number of hydrogen-bond donors (Lipinski definition) is 2. The average Bonchev–Trinajstić information content (AvgIpc) is 3.41. The summed E-state index contributed by atoms with van der Waals surface area (Å²) in [7, 11) is 0. The number of nitrogens with zero attached hydrogens (tertiary/aromatic N) is 2. The van der Waals surface area contributed by atoms with Gasteiger partial charge in [0.05, 0.1) is 10.6 Å². The Labute approximate surface area is 187 Å². The number of aromatic hydroxyl groups is 1. The van der Waals surface area contributed by atoms with Crippen molar-refractivity contribution >= 4 is 46.0 Å². The third kappa shape index (κ3) is 3.56. The predicted molar refractivity (Wildman–Crippen MR) is 123 cm³/mol. The maximum Gasteiger partial charge on any atom is 0.311 e. The number of rotatable bonds is 4. The third-order valence-electron chi connectivity index (χ3n) is 5.25. The molecule has 0 atom stereocenters. The Bertz CT molecular complexity index is 1380. The molecule has 0 aliphatic carbocycles. The fourth-order valence-electron chi connectivity index (χ4n) is 3.68. The highest BCUT2D eigenvalue weighted by molar-refractivity contribution is 7.10. The number of fused-ring (bicyclic) bond motifs is 2. The molecule has 9 heteroatoms. The van der Waals surface area contributed by atoms with Gasteiger partial charge in [-0.05, 0) is 44.2 Å². The molecule has 3 heterocycles. The highest BCUT2D eigenvalue weighted by Gasteiger charge is 2.21. The number of aliphatic imine (C=N–C) groups is 1. The number of thiazole rings is 1. The van der Waals surface area contributed by atoms with E-state index in [0.717, 1.165) is 44.0 Å². The minimum absolute atomic E-state index is 0.136. The second-order valence-electron chi connectivity index (χ2n) is 7.53. The zero-order chi connectivity index (χ0) is 22.4. The summed E-state index contributed by atoms with van der Waals surface area (Å²) in [5.41, 5.74) is 5.06. The van der Waals surface area contributed by atoms with Gasteiger partial charge < -0.3 is 19.9 Å². The molecule has 0 fully saturated rings. The number of carbonyl (C=O) groups excluding carboxylic acids is 1. The van der Waals surface area contributed by atoms with Crippen molar-refractivity contribution < 1.29 is 19.4 Å². The Morgan fingerprint density at radius 2 is 2.03 bits per heavy atom. The quantitative estimate of drug-likeness (QED) is 0.628. The molecule has 3 aromatic rings. The first kappa shape index (κ1) is 20.1. The van der Waals surface area contributed by atoms with Gasteiger partial charge in [-0.25, -0.2) is 0 Å². The SMILES string of the molecule is CC1=Nc2ccc(C)cc2C1=Cc1sc(=O)n(CC(=O)Nc2ccc3c(c2)OCO3)c1O. The van der Waals surface area contributed by atoms with Crippen LogP contribution < -0.4 is 19.7 Å². The van der Waals surface area contributed by atoms with Crippen molar-refractivity contribution in [2.75, 3.05) is 12.1 Å². The van der Waals surface area contributed by atoms with Crippen LogP contribution in [0.25, 0.3) is 11.6 Å². The molecule has 2 N–H and O–H groups in total. The Hall–Kier alpha value is -3.85. The minimum Gasteiger partial charge on any atom is -0.493 e. The molecule has 32 heavy (non-hydrogen) atoms. The van der Waals surface area contributed by atoms with Crippen LogP contribution in [0.15, 0.2) is 46.2 Å². The first-order valence-electron chi connectivity index (χ1n) is 9.89. The second kappa shape index (κ2) is 7.69. The number of amides is 1. The summed E-state index contributed by atoms with van der Waals surface area (Å²) < 4.78 is 11.6. The second-order valence-corrected chi connectivity index (χ2v) is 8.53. The van der Waals surface area contributed by atoms with Gasteiger partial charge in [0.25, 0.3) is 0 Å². The number of anilines is 1. The zero-order valence-corrected chi connectivity index (χ0v) is 18.2. The van der Waals surface area contributed by atoms with Gasteiger partial charge in [0.1, 0.15) is 6.54 Å². The number of ether oxygens (including phenoxy) is 2. The van der Waals surface area contributed by atoms with Crippen LogP contribution in [0.5, 0.6) is 17.4 Å². The number of hydrogen-bond acceptors (Lipinski definition) is 7.